The third-order valence-electron chi connectivity index (χ3n) is 4.44. The molecule has 5 nitrogen and oxygen atoms in total. The number of nitrogens with one attached hydrogen (secondary N) is 1. The Morgan fingerprint density at radius 1 is 1.19 bits per heavy atom. The Kier molecular flexibility index (Phi) is 7.44. The summed E-state index contributed by atoms with van der Waals surface area (Å²) < 4.78 is 4.74. The number of carbonyl (C=O) groups excluding carboxylic acids is 1. The van der Waals surface area contributed by atoms with Crippen LogP contribution in [0.4, 0.5) is 5.69 Å². The number of methoxy groups -OCH3 is 1. The van der Waals surface area contributed by atoms with E-state index in [9.17, 15) is 4.79 Å². The van der Waals surface area contributed by atoms with E-state index < -0.39 is 0 Å². The number of nitrogens with two attached hydrogens (primary N) is 1. The van der Waals surface area contributed by atoms with Gasteiger partial charge in [0.15, 0.2) is 5.96 Å². The molecule has 6 heteroatoms. The Bertz CT molecular complexity index is 805. The first-order valence-electron chi connectivity index (χ1n) is 8.52. The maximum Gasteiger partial charge on any atom is 0.337 e. The number of halogens is 1. The average Bonchev–Trinajstić information content (AvgIpc) is 2.66. The molecule has 0 unspecified atom stereocenters. The third kappa shape index (κ3) is 4.97. The fourth-order valence-corrected chi connectivity index (χ4v) is 3.17. The van der Waals surface area contributed by atoms with E-state index in [1.54, 1.807) is 12.1 Å². The van der Waals surface area contributed by atoms with Crippen LogP contribution in [0.5, 0.6) is 0 Å². The number of anilines is 1. The highest BCUT2D eigenvalue weighted by atomic mass is 127. The predicted molar refractivity (Wildman–Crippen MR) is 115 cm³/mol. The number of fused-ring (bicyclic) bond motifs is 1. The molecule has 2 aromatic rings. The van der Waals surface area contributed by atoms with Gasteiger partial charge in [-0.2, -0.15) is 0 Å². The van der Waals surface area contributed by atoms with E-state index in [4.69, 9.17) is 10.5 Å². The minimum absolute atomic E-state index is 0. The normalized spacial score (nSPS) is 13.3. The van der Waals surface area contributed by atoms with Gasteiger partial charge in [0.1, 0.15) is 0 Å². The summed E-state index contributed by atoms with van der Waals surface area (Å²) in [6, 6.07) is 13.5. The summed E-state index contributed by atoms with van der Waals surface area (Å²) in [5.41, 5.74) is 11.3. The van der Waals surface area contributed by atoms with Gasteiger partial charge >= 0.3 is 5.97 Å². The van der Waals surface area contributed by atoms with Crippen LogP contribution in [0.25, 0.3) is 0 Å². The summed E-state index contributed by atoms with van der Waals surface area (Å²) in [6.07, 6.45) is 4.66. The molecule has 0 amide bonds. The number of aryl methyl sites for hydroxylation is 1. The van der Waals surface area contributed by atoms with Gasteiger partial charge in [0, 0.05) is 5.69 Å². The summed E-state index contributed by atoms with van der Waals surface area (Å²) in [4.78, 5) is 16.0. The Labute approximate surface area is 171 Å². The molecule has 0 heterocycles. The second-order valence-electron chi connectivity index (χ2n) is 6.17. The van der Waals surface area contributed by atoms with Gasteiger partial charge in [-0.15, -0.1) is 24.0 Å². The number of hydrogen-bond donors (Lipinski definition) is 2. The van der Waals surface area contributed by atoms with Crippen molar-refractivity contribution in [2.45, 2.75) is 32.2 Å². The van der Waals surface area contributed by atoms with Crippen LogP contribution in [0.1, 0.15) is 39.9 Å². The molecule has 0 aromatic heterocycles. The molecule has 0 saturated heterocycles. The molecule has 3 N–H and O–H groups in total. The number of carbonyl (C=O) groups is 1. The standard InChI is InChI=1S/C20H23N3O2.HI/c1-25-19(24)16-9-4-6-14(12-16)13-22-20(21)23-18-11-5-8-15-7-2-3-10-17(15)18;/h4-6,8-9,11-12H,2-3,7,10,13H2,1H3,(H3,21,22,23);1H. The Balaban J connectivity index is 0.00000243. The van der Waals surface area contributed by atoms with Crippen LogP contribution in [-0.4, -0.2) is 19.0 Å². The number of guanidine groups is 1. The maximum absolute atomic E-state index is 11.6. The molecule has 0 spiro atoms. The van der Waals surface area contributed by atoms with Gasteiger partial charge in [-0.3, -0.25) is 0 Å². The van der Waals surface area contributed by atoms with Gasteiger partial charge < -0.3 is 15.8 Å². The number of benzene rings is 2. The van der Waals surface area contributed by atoms with Gasteiger partial charge in [-0.25, -0.2) is 9.79 Å². The number of esters is 1. The molecular weight excluding hydrogens is 441 g/mol. The molecule has 26 heavy (non-hydrogen) atoms. The Morgan fingerprint density at radius 3 is 2.77 bits per heavy atom. The molecule has 2 aromatic carbocycles. The van der Waals surface area contributed by atoms with Crippen LogP contribution in [0, 0.1) is 0 Å². The summed E-state index contributed by atoms with van der Waals surface area (Å²) in [6.45, 7) is 0.401. The number of nitrogens with zero attached hydrogens (tertiary/aromatic N) is 1. The van der Waals surface area contributed by atoms with Gasteiger partial charge in [-0.1, -0.05) is 24.3 Å². The average molecular weight is 465 g/mol. The van der Waals surface area contributed by atoms with Gasteiger partial charge in [0.2, 0.25) is 0 Å². The summed E-state index contributed by atoms with van der Waals surface area (Å²) in [5.74, 6) is 0.0234. The zero-order chi connectivity index (χ0) is 17.6. The highest BCUT2D eigenvalue weighted by Crippen LogP contribution is 2.27. The van der Waals surface area contributed by atoms with Crippen molar-refractivity contribution in [2.24, 2.45) is 10.7 Å². The highest BCUT2D eigenvalue weighted by molar-refractivity contribution is 14.0. The minimum Gasteiger partial charge on any atom is -0.465 e. The Morgan fingerprint density at radius 2 is 1.96 bits per heavy atom. The molecule has 0 aliphatic heterocycles. The number of rotatable bonds is 4. The van der Waals surface area contributed by atoms with Gasteiger partial charge in [-0.05, 0) is 60.6 Å². The second-order valence-corrected chi connectivity index (χ2v) is 6.17. The van der Waals surface area contributed by atoms with Crippen molar-refractivity contribution in [2.75, 3.05) is 12.4 Å². The first-order valence-corrected chi connectivity index (χ1v) is 8.52. The van der Waals surface area contributed by atoms with E-state index in [0.29, 0.717) is 18.1 Å². The SMILES string of the molecule is COC(=O)c1cccc(CN=C(N)Nc2cccc3c2CCCC3)c1.I. The van der Waals surface area contributed by atoms with Crippen LogP contribution in [0.2, 0.25) is 0 Å². The second kappa shape index (κ2) is 9.56. The van der Waals surface area contributed by atoms with Crippen molar-refractivity contribution < 1.29 is 9.53 Å². The van der Waals surface area contributed by atoms with E-state index in [-0.39, 0.29) is 29.9 Å². The van der Waals surface area contributed by atoms with Crippen molar-refractivity contribution in [3.8, 4) is 0 Å². The largest absolute Gasteiger partial charge is 0.465 e. The molecule has 0 bridgehead atoms. The van der Waals surface area contributed by atoms with Crippen LogP contribution in [-0.2, 0) is 24.1 Å². The highest BCUT2D eigenvalue weighted by Gasteiger charge is 2.13. The lowest BCUT2D eigenvalue weighted by atomic mass is 9.90. The molecule has 138 valence electrons. The third-order valence-corrected chi connectivity index (χ3v) is 4.44. The quantitative estimate of drug-likeness (QED) is 0.311. The van der Waals surface area contributed by atoms with E-state index in [0.717, 1.165) is 24.1 Å². The van der Waals surface area contributed by atoms with Gasteiger partial charge in [0.05, 0.1) is 19.2 Å². The van der Waals surface area contributed by atoms with Crippen molar-refractivity contribution in [3.63, 3.8) is 0 Å². The number of aliphatic imine (C=N–C) groups is 1. The first-order chi connectivity index (χ1) is 12.2. The summed E-state index contributed by atoms with van der Waals surface area (Å²) in [7, 11) is 1.37. The van der Waals surface area contributed by atoms with Crippen LogP contribution in [0.3, 0.4) is 0 Å². The topological polar surface area (TPSA) is 76.7 Å². The molecule has 1 aliphatic carbocycles. The van der Waals surface area contributed by atoms with Crippen LogP contribution < -0.4 is 11.1 Å². The maximum atomic E-state index is 11.6. The fourth-order valence-electron chi connectivity index (χ4n) is 3.17. The van der Waals surface area contributed by atoms with E-state index >= 15 is 0 Å². The lowest BCUT2D eigenvalue weighted by Crippen LogP contribution is -2.24. The molecule has 3 rings (SSSR count). The van der Waals surface area contributed by atoms with Crippen molar-refractivity contribution in [3.05, 3.63) is 64.7 Å². The molecule has 0 saturated carbocycles. The molecule has 1 aliphatic rings. The van der Waals surface area contributed by atoms with Crippen LogP contribution in [0.15, 0.2) is 47.5 Å². The minimum atomic E-state index is -0.354. The lowest BCUT2D eigenvalue weighted by molar-refractivity contribution is 0.0600. The summed E-state index contributed by atoms with van der Waals surface area (Å²) >= 11 is 0. The summed E-state index contributed by atoms with van der Waals surface area (Å²) in [5, 5.41) is 3.22. The van der Waals surface area contributed by atoms with Crippen molar-refractivity contribution in [1.29, 1.82) is 0 Å². The molecule has 0 radical (unpaired) electrons. The Hall–Kier alpha value is -2.09. The smallest absolute Gasteiger partial charge is 0.337 e. The van der Waals surface area contributed by atoms with E-state index in [1.165, 1.54) is 31.1 Å². The predicted octanol–water partition coefficient (Wildman–Crippen LogP) is 3.90. The van der Waals surface area contributed by atoms with Crippen molar-refractivity contribution >= 4 is 41.6 Å². The number of hydrogen-bond acceptors (Lipinski definition) is 3. The monoisotopic (exact) mass is 465 g/mol. The zero-order valence-electron chi connectivity index (χ0n) is 14.8. The van der Waals surface area contributed by atoms with Gasteiger partial charge in [0.25, 0.3) is 0 Å². The molecular formula is C20H24IN3O2. The molecule has 0 fully saturated rings. The fraction of sp³-hybridized carbons (Fsp3) is 0.300. The number of ether oxygens (including phenoxy) is 1. The van der Waals surface area contributed by atoms with E-state index in [2.05, 4.69) is 22.4 Å². The first kappa shape index (κ1) is 20.2. The van der Waals surface area contributed by atoms with Crippen molar-refractivity contribution in [1.82, 2.24) is 0 Å². The molecule has 0 atom stereocenters. The lowest BCUT2D eigenvalue weighted by Gasteiger charge is -2.19. The van der Waals surface area contributed by atoms with Crippen LogP contribution >= 0.6 is 24.0 Å². The van der Waals surface area contributed by atoms with E-state index in [1.807, 2.05) is 18.2 Å². The zero-order valence-corrected chi connectivity index (χ0v) is 17.2.